The molecule has 0 bridgehead atoms. The van der Waals surface area contributed by atoms with E-state index >= 15 is 0 Å². The molecule has 1 heterocycles. The molecule has 0 aliphatic carbocycles. The van der Waals surface area contributed by atoms with Crippen molar-refractivity contribution in [3.05, 3.63) is 59.9 Å². The van der Waals surface area contributed by atoms with Crippen molar-refractivity contribution in [2.45, 2.75) is 19.4 Å². The summed E-state index contributed by atoms with van der Waals surface area (Å²) in [5.41, 5.74) is 1.93. The molecule has 0 radical (unpaired) electrons. The first-order valence-electron chi connectivity index (χ1n) is 8.06. The smallest absolute Gasteiger partial charge is 0.258 e. The van der Waals surface area contributed by atoms with Gasteiger partial charge in [-0.05, 0) is 31.2 Å². The van der Waals surface area contributed by atoms with Gasteiger partial charge in [0.25, 0.3) is 5.91 Å². The van der Waals surface area contributed by atoms with Crippen molar-refractivity contribution >= 4 is 17.5 Å². The summed E-state index contributed by atoms with van der Waals surface area (Å²) in [7, 11) is 0. The number of aryl methyl sites for hydroxylation is 1. The molecule has 0 saturated carbocycles. The molecule has 2 aromatic carbocycles. The Balaban J connectivity index is 1.53. The predicted molar refractivity (Wildman–Crippen MR) is 92.0 cm³/mol. The van der Waals surface area contributed by atoms with Gasteiger partial charge in [0.1, 0.15) is 0 Å². The summed E-state index contributed by atoms with van der Waals surface area (Å²) in [6, 6.07) is 13.3. The molecular formula is C19H19FN2O3. The van der Waals surface area contributed by atoms with Gasteiger partial charge in [-0.1, -0.05) is 29.8 Å². The summed E-state index contributed by atoms with van der Waals surface area (Å²) >= 11 is 0. The van der Waals surface area contributed by atoms with Gasteiger partial charge in [0, 0.05) is 18.7 Å². The number of halogens is 1. The Kier molecular flexibility index (Phi) is 4.97. The van der Waals surface area contributed by atoms with Crippen molar-refractivity contribution in [3.8, 4) is 5.75 Å². The fourth-order valence-corrected chi connectivity index (χ4v) is 2.75. The lowest BCUT2D eigenvalue weighted by Crippen LogP contribution is -2.39. The average molecular weight is 342 g/mol. The number of hydrogen-bond donors (Lipinski definition) is 1. The highest BCUT2D eigenvalue weighted by Gasteiger charge is 2.31. The zero-order valence-electron chi connectivity index (χ0n) is 13.9. The van der Waals surface area contributed by atoms with E-state index in [1.807, 2.05) is 31.2 Å². The number of para-hydroxylation sites is 1. The Morgan fingerprint density at radius 1 is 1.24 bits per heavy atom. The fourth-order valence-electron chi connectivity index (χ4n) is 2.75. The maximum atomic E-state index is 13.5. The number of carbonyl (C=O) groups excluding carboxylic acids is 2. The van der Waals surface area contributed by atoms with E-state index in [0.717, 1.165) is 11.3 Å². The van der Waals surface area contributed by atoms with Crippen molar-refractivity contribution in [3.63, 3.8) is 0 Å². The van der Waals surface area contributed by atoms with Crippen LogP contribution in [0.1, 0.15) is 12.0 Å². The molecule has 0 spiro atoms. The van der Waals surface area contributed by atoms with E-state index in [2.05, 4.69) is 5.32 Å². The van der Waals surface area contributed by atoms with Gasteiger partial charge in [0.2, 0.25) is 5.91 Å². The van der Waals surface area contributed by atoms with Crippen molar-refractivity contribution < 1.29 is 18.7 Å². The van der Waals surface area contributed by atoms with E-state index in [0.29, 0.717) is 6.54 Å². The number of benzene rings is 2. The molecule has 1 fully saturated rings. The van der Waals surface area contributed by atoms with Crippen LogP contribution < -0.4 is 15.0 Å². The molecule has 1 atom stereocenters. The van der Waals surface area contributed by atoms with Gasteiger partial charge in [0.15, 0.2) is 18.2 Å². The average Bonchev–Trinajstić information content (AvgIpc) is 2.95. The minimum atomic E-state index is -0.517. The van der Waals surface area contributed by atoms with Gasteiger partial charge >= 0.3 is 0 Å². The van der Waals surface area contributed by atoms with E-state index < -0.39 is 5.82 Å². The minimum Gasteiger partial charge on any atom is -0.481 e. The standard InChI is InChI=1S/C19H19FN2O3/c1-13-6-8-15(9-7-13)22-11-14(10-19(22)24)21-18(23)12-25-17-5-3-2-4-16(17)20/h2-9,14H,10-12H2,1H3,(H,21,23)/t14-/m1/s1. The molecule has 130 valence electrons. The normalized spacial score (nSPS) is 16.8. The van der Waals surface area contributed by atoms with Crippen molar-refractivity contribution in [2.24, 2.45) is 0 Å². The lowest BCUT2D eigenvalue weighted by molar-refractivity contribution is -0.123. The third-order valence-electron chi connectivity index (χ3n) is 4.03. The molecular weight excluding hydrogens is 323 g/mol. The monoisotopic (exact) mass is 342 g/mol. The number of nitrogens with zero attached hydrogens (tertiary/aromatic N) is 1. The molecule has 0 aromatic heterocycles. The minimum absolute atomic E-state index is 0.0291. The third-order valence-corrected chi connectivity index (χ3v) is 4.03. The Morgan fingerprint density at radius 3 is 2.68 bits per heavy atom. The summed E-state index contributed by atoms with van der Waals surface area (Å²) in [4.78, 5) is 25.8. The van der Waals surface area contributed by atoms with Gasteiger partial charge < -0.3 is 15.0 Å². The maximum Gasteiger partial charge on any atom is 0.258 e. The topological polar surface area (TPSA) is 58.6 Å². The number of ether oxygens (including phenoxy) is 1. The van der Waals surface area contributed by atoms with E-state index in [1.54, 1.807) is 17.0 Å². The molecule has 2 aromatic rings. The molecule has 5 nitrogen and oxygen atoms in total. The number of amides is 2. The fraction of sp³-hybridized carbons (Fsp3) is 0.263. The van der Waals surface area contributed by atoms with Gasteiger partial charge in [-0.25, -0.2) is 4.39 Å². The van der Waals surface area contributed by atoms with Crippen LogP contribution in [0.15, 0.2) is 48.5 Å². The van der Waals surface area contributed by atoms with Crippen molar-refractivity contribution in [1.82, 2.24) is 5.32 Å². The van der Waals surface area contributed by atoms with E-state index in [1.165, 1.54) is 12.1 Å². The second-order valence-electron chi connectivity index (χ2n) is 6.03. The number of rotatable bonds is 5. The molecule has 6 heteroatoms. The largest absolute Gasteiger partial charge is 0.481 e. The first-order valence-corrected chi connectivity index (χ1v) is 8.06. The summed E-state index contributed by atoms with van der Waals surface area (Å²) in [5.74, 6) is -0.908. The van der Waals surface area contributed by atoms with E-state index in [4.69, 9.17) is 4.74 Å². The highest BCUT2D eigenvalue weighted by Crippen LogP contribution is 2.22. The van der Waals surface area contributed by atoms with E-state index in [-0.39, 0.29) is 36.6 Å². The summed E-state index contributed by atoms with van der Waals surface area (Å²) < 4.78 is 18.6. The highest BCUT2D eigenvalue weighted by atomic mass is 19.1. The van der Waals surface area contributed by atoms with Crippen molar-refractivity contribution in [2.75, 3.05) is 18.1 Å². The second-order valence-corrected chi connectivity index (χ2v) is 6.03. The molecule has 1 saturated heterocycles. The SMILES string of the molecule is Cc1ccc(N2C[C@H](NC(=O)COc3ccccc3F)CC2=O)cc1. The number of anilines is 1. The number of nitrogens with one attached hydrogen (secondary N) is 1. The Labute approximate surface area is 145 Å². The summed E-state index contributed by atoms with van der Waals surface area (Å²) in [5, 5.41) is 2.76. The molecule has 3 rings (SSSR count). The van der Waals surface area contributed by atoms with Crippen LogP contribution >= 0.6 is 0 Å². The Hall–Kier alpha value is -2.89. The van der Waals surface area contributed by atoms with Gasteiger partial charge in [-0.3, -0.25) is 9.59 Å². The van der Waals surface area contributed by atoms with Crippen LogP contribution in [0.3, 0.4) is 0 Å². The molecule has 1 N–H and O–H groups in total. The van der Waals surface area contributed by atoms with Gasteiger partial charge in [0.05, 0.1) is 6.04 Å². The van der Waals surface area contributed by atoms with Crippen LogP contribution in [-0.4, -0.2) is 31.0 Å². The molecule has 2 amide bonds. The zero-order chi connectivity index (χ0) is 17.8. The maximum absolute atomic E-state index is 13.5. The summed E-state index contributed by atoms with van der Waals surface area (Å²) in [6.45, 7) is 2.09. The quantitative estimate of drug-likeness (QED) is 0.908. The molecule has 1 aliphatic heterocycles. The van der Waals surface area contributed by atoms with Gasteiger partial charge in [-0.15, -0.1) is 0 Å². The molecule has 1 aliphatic rings. The zero-order valence-corrected chi connectivity index (χ0v) is 13.9. The molecule has 0 unspecified atom stereocenters. The van der Waals surface area contributed by atoms with Crippen LogP contribution in [-0.2, 0) is 9.59 Å². The predicted octanol–water partition coefficient (Wildman–Crippen LogP) is 2.43. The first-order chi connectivity index (χ1) is 12.0. The Morgan fingerprint density at radius 2 is 1.96 bits per heavy atom. The lowest BCUT2D eigenvalue weighted by Gasteiger charge is -2.17. The lowest BCUT2D eigenvalue weighted by atomic mass is 10.2. The van der Waals surface area contributed by atoms with E-state index in [9.17, 15) is 14.0 Å². The van der Waals surface area contributed by atoms with Gasteiger partial charge in [-0.2, -0.15) is 0 Å². The van der Waals surface area contributed by atoms with Crippen LogP contribution in [0.5, 0.6) is 5.75 Å². The first kappa shape index (κ1) is 17.0. The summed E-state index contributed by atoms with van der Waals surface area (Å²) in [6.07, 6.45) is 0.235. The Bertz CT molecular complexity index is 776. The van der Waals surface area contributed by atoms with Crippen LogP contribution in [0.4, 0.5) is 10.1 Å². The number of carbonyl (C=O) groups is 2. The third kappa shape index (κ3) is 4.15. The number of hydrogen-bond acceptors (Lipinski definition) is 3. The van der Waals surface area contributed by atoms with Crippen LogP contribution in [0.2, 0.25) is 0 Å². The van der Waals surface area contributed by atoms with Crippen LogP contribution in [0, 0.1) is 12.7 Å². The van der Waals surface area contributed by atoms with Crippen LogP contribution in [0.25, 0.3) is 0 Å². The second kappa shape index (κ2) is 7.34. The highest BCUT2D eigenvalue weighted by molar-refractivity contribution is 5.96. The van der Waals surface area contributed by atoms with Crippen molar-refractivity contribution in [1.29, 1.82) is 0 Å². The molecule has 25 heavy (non-hydrogen) atoms.